The van der Waals surface area contributed by atoms with Gasteiger partial charge in [-0.05, 0) is 12.1 Å². The molecule has 1 atom stereocenters. The minimum atomic E-state index is -1.15. The molecule has 0 aliphatic carbocycles. The normalized spacial score (nSPS) is 12.1. The van der Waals surface area contributed by atoms with Crippen molar-refractivity contribution in [3.8, 4) is 0 Å². The lowest BCUT2D eigenvalue weighted by Crippen LogP contribution is -2.37. The second-order valence-corrected chi connectivity index (χ2v) is 5.27. The lowest BCUT2D eigenvalue weighted by atomic mass is 10.1. The summed E-state index contributed by atoms with van der Waals surface area (Å²) in [5, 5.41) is 0. The number of hydrogen-bond acceptors (Lipinski definition) is 2. The van der Waals surface area contributed by atoms with Crippen molar-refractivity contribution in [3.63, 3.8) is 0 Å². The van der Waals surface area contributed by atoms with Crippen LogP contribution < -0.4 is 4.57 Å². The van der Waals surface area contributed by atoms with Gasteiger partial charge in [0, 0.05) is 28.8 Å². The Hall–Kier alpha value is -1.81. The number of carbonyl (C=O) groups excluding carboxylic acids is 1. The Morgan fingerprint density at radius 2 is 1.78 bits per heavy atom. The van der Waals surface area contributed by atoms with Gasteiger partial charge in [0.2, 0.25) is 12.3 Å². The van der Waals surface area contributed by atoms with E-state index in [1.807, 2.05) is 30.6 Å². The third-order valence-corrected chi connectivity index (χ3v) is 3.58. The summed E-state index contributed by atoms with van der Waals surface area (Å²) >= 11 is 0. The van der Waals surface area contributed by atoms with E-state index in [1.54, 1.807) is 35.1 Å². The van der Waals surface area contributed by atoms with E-state index in [2.05, 4.69) is 0 Å². The predicted octanol–water partition coefficient (Wildman–Crippen LogP) is 1.59. The Morgan fingerprint density at radius 1 is 1.11 bits per heavy atom. The number of Topliss-reactive ketones (excluding diaryl/α,β-unsaturated/α-hetero) is 1. The number of pyridine rings is 1. The highest BCUT2D eigenvalue weighted by Gasteiger charge is 2.16. The average Bonchev–Trinajstić information content (AvgIpc) is 2.40. The van der Waals surface area contributed by atoms with Gasteiger partial charge in [0.15, 0.2) is 12.4 Å². The van der Waals surface area contributed by atoms with Gasteiger partial charge in [-0.2, -0.15) is 4.57 Å². The summed E-state index contributed by atoms with van der Waals surface area (Å²) in [6, 6.07) is 12.7. The largest absolute Gasteiger partial charge is 0.287 e. The summed E-state index contributed by atoms with van der Waals surface area (Å²) in [5.41, 5.74) is 0.537. The first-order valence-corrected chi connectivity index (χ1v) is 7.14. The number of ketones is 1. The number of aromatic nitrogens is 1. The maximum atomic E-state index is 12.2. The van der Waals surface area contributed by atoms with Gasteiger partial charge < -0.3 is 0 Å². The Morgan fingerprint density at radius 3 is 2.44 bits per heavy atom. The Kier molecular flexibility index (Phi) is 3.99. The first kappa shape index (κ1) is 12.6. The fraction of sp³-hybridized carbons (Fsp3) is 0.143. The summed E-state index contributed by atoms with van der Waals surface area (Å²) in [4.78, 5) is 12.8. The maximum absolute atomic E-state index is 12.2. The summed E-state index contributed by atoms with van der Waals surface area (Å²) in [5.74, 6) is -0.0306. The molecule has 3 nitrogen and oxygen atoms in total. The van der Waals surface area contributed by atoms with Crippen molar-refractivity contribution >= 4 is 16.6 Å². The first-order valence-electron chi connectivity index (χ1n) is 5.58. The molecule has 0 saturated carbocycles. The highest BCUT2D eigenvalue weighted by molar-refractivity contribution is 7.84. The first-order chi connectivity index (χ1) is 8.68. The van der Waals surface area contributed by atoms with Crippen molar-refractivity contribution in [2.45, 2.75) is 11.4 Å². The van der Waals surface area contributed by atoms with Gasteiger partial charge in [-0.15, -0.1) is 0 Å². The maximum Gasteiger partial charge on any atom is 0.228 e. The van der Waals surface area contributed by atoms with Crippen LogP contribution in [0.1, 0.15) is 10.4 Å². The number of nitrogens with zero attached hydrogens (tertiary/aromatic N) is 1. The second-order valence-electron chi connectivity index (χ2n) is 3.92. The fourth-order valence-corrected chi connectivity index (χ4v) is 2.50. The fourth-order valence-electron chi connectivity index (χ4n) is 1.74. The van der Waals surface area contributed by atoms with Crippen LogP contribution >= 0.6 is 0 Å². The third kappa shape index (κ3) is 2.90. The van der Waals surface area contributed by atoms with Gasteiger partial charge in [0.25, 0.3) is 0 Å². The van der Waals surface area contributed by atoms with E-state index in [-0.39, 0.29) is 12.3 Å². The van der Waals surface area contributed by atoms with Gasteiger partial charge in [0.05, 0.1) is 10.8 Å². The minimum absolute atomic E-state index is 0.0306. The number of hydrogen-bond donors (Lipinski definition) is 0. The number of rotatable bonds is 4. The molecule has 0 N–H and O–H groups in total. The van der Waals surface area contributed by atoms with E-state index in [4.69, 9.17) is 0 Å². The standard InChI is InChI=1S/C14H14NO2S/c1-18(17)14-8-4-3-7-12(14)13(16)11-15-9-5-2-6-10-15/h2-10H,11H2,1H3/q+1. The summed E-state index contributed by atoms with van der Waals surface area (Å²) in [6.07, 6.45) is 5.26. The molecule has 0 bridgehead atoms. The zero-order valence-electron chi connectivity index (χ0n) is 10.1. The Bertz CT molecular complexity index is 581. The molecule has 2 rings (SSSR count). The minimum Gasteiger partial charge on any atom is -0.287 e. The Labute approximate surface area is 109 Å². The van der Waals surface area contributed by atoms with Crippen molar-refractivity contribution in [2.24, 2.45) is 0 Å². The molecule has 1 aromatic carbocycles. The van der Waals surface area contributed by atoms with Crippen LogP contribution in [0.4, 0.5) is 0 Å². The summed E-state index contributed by atoms with van der Waals surface area (Å²) in [6.45, 7) is 0.259. The molecular weight excluding hydrogens is 246 g/mol. The highest BCUT2D eigenvalue weighted by Crippen LogP contribution is 2.13. The zero-order chi connectivity index (χ0) is 13.0. The van der Waals surface area contributed by atoms with Crippen molar-refractivity contribution in [1.29, 1.82) is 0 Å². The van der Waals surface area contributed by atoms with Gasteiger partial charge >= 0.3 is 0 Å². The number of benzene rings is 1. The predicted molar refractivity (Wildman–Crippen MR) is 69.7 cm³/mol. The molecule has 0 spiro atoms. The molecule has 0 amide bonds. The molecule has 0 radical (unpaired) electrons. The van der Waals surface area contributed by atoms with Crippen LogP contribution in [0.25, 0.3) is 0 Å². The zero-order valence-corrected chi connectivity index (χ0v) is 10.9. The lowest BCUT2D eigenvalue weighted by molar-refractivity contribution is -0.683. The van der Waals surface area contributed by atoms with Crippen LogP contribution in [0.15, 0.2) is 59.8 Å². The molecule has 4 heteroatoms. The van der Waals surface area contributed by atoms with E-state index < -0.39 is 10.8 Å². The topological polar surface area (TPSA) is 38.0 Å². The SMILES string of the molecule is CS(=O)c1ccccc1C(=O)C[n+]1ccccc1. The van der Waals surface area contributed by atoms with Crippen LogP contribution in [-0.2, 0) is 17.3 Å². The van der Waals surface area contributed by atoms with Crippen LogP contribution in [0.5, 0.6) is 0 Å². The highest BCUT2D eigenvalue weighted by atomic mass is 32.2. The van der Waals surface area contributed by atoms with Crippen molar-refractivity contribution in [1.82, 2.24) is 0 Å². The molecule has 1 unspecified atom stereocenters. The third-order valence-electron chi connectivity index (χ3n) is 2.60. The molecular formula is C14H14NO2S+. The molecule has 0 aliphatic rings. The molecule has 0 aliphatic heterocycles. The van der Waals surface area contributed by atoms with E-state index in [9.17, 15) is 9.00 Å². The lowest BCUT2D eigenvalue weighted by Gasteiger charge is -2.03. The molecule has 0 fully saturated rings. The smallest absolute Gasteiger partial charge is 0.228 e. The molecule has 2 aromatic rings. The van der Waals surface area contributed by atoms with E-state index >= 15 is 0 Å². The summed E-state index contributed by atoms with van der Waals surface area (Å²) in [7, 11) is -1.15. The second kappa shape index (κ2) is 5.69. The van der Waals surface area contributed by atoms with Crippen LogP contribution in [0.3, 0.4) is 0 Å². The molecule has 1 aromatic heterocycles. The molecule has 1 heterocycles. The van der Waals surface area contributed by atoms with Crippen molar-refractivity contribution in [3.05, 3.63) is 60.4 Å². The van der Waals surface area contributed by atoms with Crippen LogP contribution in [0.2, 0.25) is 0 Å². The van der Waals surface area contributed by atoms with Gasteiger partial charge in [-0.3, -0.25) is 9.00 Å². The summed E-state index contributed by atoms with van der Waals surface area (Å²) < 4.78 is 13.4. The molecule has 92 valence electrons. The molecule has 0 saturated heterocycles. The van der Waals surface area contributed by atoms with E-state index in [0.29, 0.717) is 10.5 Å². The van der Waals surface area contributed by atoms with Crippen LogP contribution in [0, 0.1) is 0 Å². The molecule has 18 heavy (non-hydrogen) atoms. The van der Waals surface area contributed by atoms with Crippen molar-refractivity contribution < 1.29 is 13.6 Å². The van der Waals surface area contributed by atoms with Gasteiger partial charge in [0.1, 0.15) is 0 Å². The quantitative estimate of drug-likeness (QED) is 0.618. The number of carbonyl (C=O) groups is 1. The van der Waals surface area contributed by atoms with Crippen LogP contribution in [-0.4, -0.2) is 16.2 Å². The average molecular weight is 260 g/mol. The van der Waals surface area contributed by atoms with Crippen molar-refractivity contribution in [2.75, 3.05) is 6.26 Å². The Balaban J connectivity index is 2.27. The van der Waals surface area contributed by atoms with E-state index in [1.165, 1.54) is 0 Å². The van der Waals surface area contributed by atoms with E-state index in [0.717, 1.165) is 0 Å². The van der Waals surface area contributed by atoms with Gasteiger partial charge in [-0.25, -0.2) is 0 Å². The monoisotopic (exact) mass is 260 g/mol. The van der Waals surface area contributed by atoms with Gasteiger partial charge in [-0.1, -0.05) is 18.2 Å².